The molecule has 0 saturated carbocycles. The van der Waals surface area contributed by atoms with E-state index in [0.717, 1.165) is 0 Å². The maximum absolute atomic E-state index is 12.4. The first-order valence-corrected chi connectivity index (χ1v) is 7.62. The molecule has 0 aliphatic carbocycles. The first-order chi connectivity index (χ1) is 11.5. The molecule has 5 nitrogen and oxygen atoms in total. The fourth-order valence-electron chi connectivity index (χ4n) is 2.18. The lowest BCUT2D eigenvalue weighted by Crippen LogP contribution is -2.21. The molecule has 122 valence electrons. The summed E-state index contributed by atoms with van der Waals surface area (Å²) in [5, 5.41) is 3.63. The number of anilines is 1. The Balaban J connectivity index is 2.03. The van der Waals surface area contributed by atoms with E-state index in [9.17, 15) is 9.59 Å². The summed E-state index contributed by atoms with van der Waals surface area (Å²) in [6, 6.07) is 11.2. The molecule has 0 unspecified atom stereocenters. The van der Waals surface area contributed by atoms with Crippen LogP contribution < -0.4 is 15.7 Å². The third-order valence-corrected chi connectivity index (χ3v) is 4.02. The third kappa shape index (κ3) is 3.09. The average Bonchev–Trinajstić information content (AvgIpc) is 2.57. The van der Waals surface area contributed by atoms with E-state index in [-0.39, 0.29) is 21.3 Å². The molecule has 1 N–H and O–H groups in total. The van der Waals surface area contributed by atoms with Crippen LogP contribution in [0.3, 0.4) is 0 Å². The van der Waals surface area contributed by atoms with Crippen LogP contribution in [0.2, 0.25) is 10.0 Å². The molecular formula is C17H11Cl2NO4. The zero-order valence-corrected chi connectivity index (χ0v) is 13.9. The smallest absolute Gasteiger partial charge is 0.349 e. The van der Waals surface area contributed by atoms with Gasteiger partial charge in [-0.2, -0.15) is 0 Å². The van der Waals surface area contributed by atoms with Crippen molar-refractivity contribution < 1.29 is 13.9 Å². The van der Waals surface area contributed by atoms with Gasteiger partial charge in [-0.25, -0.2) is 4.79 Å². The molecule has 1 heterocycles. The number of amides is 1. The first kappa shape index (κ1) is 16.4. The largest absolute Gasteiger partial charge is 0.497 e. The summed E-state index contributed by atoms with van der Waals surface area (Å²) in [6.45, 7) is 0. The van der Waals surface area contributed by atoms with Crippen LogP contribution in [-0.2, 0) is 0 Å². The molecule has 0 atom stereocenters. The van der Waals surface area contributed by atoms with Crippen LogP contribution in [0.25, 0.3) is 11.0 Å². The molecular weight excluding hydrogens is 353 g/mol. The van der Waals surface area contributed by atoms with Crippen LogP contribution >= 0.6 is 23.2 Å². The van der Waals surface area contributed by atoms with Crippen molar-refractivity contribution in [1.82, 2.24) is 0 Å². The number of ether oxygens (including phenoxy) is 1. The standard InChI is InChI=1S/C17H11Cl2NO4/c1-23-10-5-6-14-9(7-10)8-11(17(22)24-14)16(21)20-15-12(18)3-2-4-13(15)19/h2-8H,1H3,(H,20,21). The van der Waals surface area contributed by atoms with Crippen LogP contribution in [0.5, 0.6) is 5.75 Å². The van der Waals surface area contributed by atoms with E-state index >= 15 is 0 Å². The molecule has 3 rings (SSSR count). The van der Waals surface area contributed by atoms with Gasteiger partial charge in [-0.05, 0) is 36.4 Å². The molecule has 1 amide bonds. The Bertz CT molecular complexity index is 977. The van der Waals surface area contributed by atoms with Crippen molar-refractivity contribution in [3.8, 4) is 5.75 Å². The van der Waals surface area contributed by atoms with Crippen molar-refractivity contribution >= 4 is 45.8 Å². The molecule has 0 fully saturated rings. The Morgan fingerprint density at radius 1 is 1.12 bits per heavy atom. The van der Waals surface area contributed by atoms with E-state index in [1.165, 1.54) is 13.2 Å². The van der Waals surface area contributed by atoms with Gasteiger partial charge >= 0.3 is 5.63 Å². The third-order valence-electron chi connectivity index (χ3n) is 3.39. The van der Waals surface area contributed by atoms with Gasteiger partial charge in [0.2, 0.25) is 0 Å². The molecule has 0 radical (unpaired) electrons. The highest BCUT2D eigenvalue weighted by Gasteiger charge is 2.17. The molecule has 0 aliphatic heterocycles. The number of fused-ring (bicyclic) bond motifs is 1. The van der Waals surface area contributed by atoms with Gasteiger partial charge < -0.3 is 14.5 Å². The number of para-hydroxylation sites is 1. The quantitative estimate of drug-likeness (QED) is 0.701. The summed E-state index contributed by atoms with van der Waals surface area (Å²) < 4.78 is 10.3. The van der Waals surface area contributed by atoms with Crippen LogP contribution in [0.4, 0.5) is 5.69 Å². The number of rotatable bonds is 3. The van der Waals surface area contributed by atoms with Crippen LogP contribution in [0.1, 0.15) is 10.4 Å². The lowest BCUT2D eigenvalue weighted by Gasteiger charge is -2.09. The second-order valence-corrected chi connectivity index (χ2v) is 5.72. The number of hydrogen-bond donors (Lipinski definition) is 1. The van der Waals surface area contributed by atoms with Crippen molar-refractivity contribution in [1.29, 1.82) is 0 Å². The van der Waals surface area contributed by atoms with Gasteiger partial charge in [0.15, 0.2) is 0 Å². The number of hydrogen-bond acceptors (Lipinski definition) is 4. The van der Waals surface area contributed by atoms with Gasteiger partial charge in [-0.1, -0.05) is 29.3 Å². The highest BCUT2D eigenvalue weighted by atomic mass is 35.5. The van der Waals surface area contributed by atoms with E-state index < -0.39 is 11.5 Å². The van der Waals surface area contributed by atoms with Crippen molar-refractivity contribution in [2.75, 3.05) is 12.4 Å². The van der Waals surface area contributed by atoms with Crippen LogP contribution in [0.15, 0.2) is 51.7 Å². The van der Waals surface area contributed by atoms with Gasteiger partial charge in [-0.3, -0.25) is 4.79 Å². The van der Waals surface area contributed by atoms with Gasteiger partial charge in [-0.15, -0.1) is 0 Å². The summed E-state index contributed by atoms with van der Waals surface area (Å²) in [5.41, 5.74) is -0.329. The van der Waals surface area contributed by atoms with E-state index in [2.05, 4.69) is 5.32 Å². The minimum absolute atomic E-state index is 0.160. The summed E-state index contributed by atoms with van der Waals surface area (Å²) in [4.78, 5) is 24.5. The maximum atomic E-state index is 12.4. The first-order valence-electron chi connectivity index (χ1n) is 6.87. The van der Waals surface area contributed by atoms with Crippen LogP contribution in [0, 0.1) is 0 Å². The van der Waals surface area contributed by atoms with Crippen molar-refractivity contribution in [3.63, 3.8) is 0 Å². The minimum atomic E-state index is -0.756. The summed E-state index contributed by atoms with van der Waals surface area (Å²) in [7, 11) is 1.52. The normalized spacial score (nSPS) is 10.6. The number of carbonyl (C=O) groups is 1. The second-order valence-electron chi connectivity index (χ2n) is 4.90. The predicted molar refractivity (Wildman–Crippen MR) is 93.5 cm³/mol. The predicted octanol–water partition coefficient (Wildman–Crippen LogP) is 4.36. The zero-order valence-electron chi connectivity index (χ0n) is 12.4. The SMILES string of the molecule is COc1ccc2oc(=O)c(C(=O)Nc3c(Cl)cccc3Cl)cc2c1. The monoisotopic (exact) mass is 363 g/mol. The number of nitrogens with one attached hydrogen (secondary N) is 1. The average molecular weight is 364 g/mol. The van der Waals surface area contributed by atoms with Gasteiger partial charge in [0, 0.05) is 5.39 Å². The number of carbonyl (C=O) groups excluding carboxylic acids is 1. The summed E-state index contributed by atoms with van der Waals surface area (Å²) in [5.74, 6) is -0.0830. The summed E-state index contributed by atoms with van der Waals surface area (Å²) in [6.07, 6.45) is 0. The van der Waals surface area contributed by atoms with Gasteiger partial charge in [0.1, 0.15) is 16.9 Å². The lowest BCUT2D eigenvalue weighted by atomic mass is 10.1. The maximum Gasteiger partial charge on any atom is 0.349 e. The molecule has 0 saturated heterocycles. The van der Waals surface area contributed by atoms with E-state index in [4.69, 9.17) is 32.4 Å². The lowest BCUT2D eigenvalue weighted by molar-refractivity contribution is 0.102. The van der Waals surface area contributed by atoms with Crippen LogP contribution in [-0.4, -0.2) is 13.0 Å². The molecule has 2 aromatic carbocycles. The van der Waals surface area contributed by atoms with E-state index in [1.54, 1.807) is 36.4 Å². The Morgan fingerprint density at radius 3 is 2.50 bits per heavy atom. The highest BCUT2D eigenvalue weighted by Crippen LogP contribution is 2.30. The number of halogens is 2. The van der Waals surface area contributed by atoms with E-state index in [0.29, 0.717) is 16.7 Å². The number of benzene rings is 2. The molecule has 7 heteroatoms. The molecule has 3 aromatic rings. The van der Waals surface area contributed by atoms with Crippen molar-refractivity contribution in [2.24, 2.45) is 0 Å². The Morgan fingerprint density at radius 2 is 1.83 bits per heavy atom. The van der Waals surface area contributed by atoms with Crippen molar-refractivity contribution in [2.45, 2.75) is 0 Å². The number of methoxy groups -OCH3 is 1. The fraction of sp³-hybridized carbons (Fsp3) is 0.0588. The van der Waals surface area contributed by atoms with Gasteiger partial charge in [0.25, 0.3) is 5.91 Å². The molecule has 0 spiro atoms. The Labute approximate surface area is 146 Å². The fourth-order valence-corrected chi connectivity index (χ4v) is 2.68. The zero-order chi connectivity index (χ0) is 17.3. The summed E-state index contributed by atoms with van der Waals surface area (Å²) >= 11 is 12.0. The van der Waals surface area contributed by atoms with Crippen molar-refractivity contribution in [3.05, 3.63) is 68.5 Å². The Hall–Kier alpha value is -2.50. The van der Waals surface area contributed by atoms with Gasteiger partial charge in [0.05, 0.1) is 22.8 Å². The molecule has 0 bridgehead atoms. The topological polar surface area (TPSA) is 68.5 Å². The molecule has 1 aromatic heterocycles. The Kier molecular flexibility index (Phi) is 4.46. The van der Waals surface area contributed by atoms with E-state index in [1.807, 2.05) is 0 Å². The second kappa shape index (κ2) is 6.55. The minimum Gasteiger partial charge on any atom is -0.497 e. The molecule has 24 heavy (non-hydrogen) atoms. The molecule has 0 aliphatic rings. The highest BCUT2D eigenvalue weighted by molar-refractivity contribution is 6.40.